The topological polar surface area (TPSA) is 75.1 Å². The number of hydrogen-bond acceptors (Lipinski definition) is 3. The first-order valence-corrected chi connectivity index (χ1v) is 6.07. The zero-order chi connectivity index (χ0) is 13.1. The molecule has 0 bridgehead atoms. The van der Waals surface area contributed by atoms with Gasteiger partial charge in [-0.3, -0.25) is 14.3 Å². The average Bonchev–Trinajstić information content (AvgIpc) is 2.37. The van der Waals surface area contributed by atoms with Crippen LogP contribution in [0, 0.1) is 0 Å². The largest absolute Gasteiger partial charge is 0.392 e. The second-order valence-corrected chi connectivity index (χ2v) is 4.69. The van der Waals surface area contributed by atoms with E-state index >= 15 is 0 Å². The van der Waals surface area contributed by atoms with Crippen LogP contribution in [-0.2, 0) is 13.2 Å². The van der Waals surface area contributed by atoms with E-state index < -0.39 is 11.2 Å². The van der Waals surface area contributed by atoms with Crippen molar-refractivity contribution in [3.63, 3.8) is 0 Å². The van der Waals surface area contributed by atoms with Gasteiger partial charge in [0.05, 0.1) is 17.6 Å². The van der Waals surface area contributed by atoms with E-state index in [4.69, 9.17) is 5.11 Å². The highest BCUT2D eigenvalue weighted by atomic mass is 79.9. The minimum Gasteiger partial charge on any atom is -0.392 e. The first-order valence-electron chi connectivity index (χ1n) is 5.28. The Kier molecular flexibility index (Phi) is 3.78. The van der Waals surface area contributed by atoms with E-state index in [-0.39, 0.29) is 6.61 Å². The third-order valence-corrected chi connectivity index (χ3v) is 3.09. The Labute approximate surface area is 111 Å². The first-order chi connectivity index (χ1) is 8.60. The lowest BCUT2D eigenvalue weighted by Gasteiger charge is -2.06. The highest BCUT2D eigenvalue weighted by Gasteiger charge is 2.02. The molecule has 2 rings (SSSR count). The molecular formula is C12H11BrN2O3. The molecule has 0 fully saturated rings. The number of nitrogens with zero attached hydrogens (tertiary/aromatic N) is 1. The molecule has 5 nitrogen and oxygen atoms in total. The maximum absolute atomic E-state index is 11.6. The van der Waals surface area contributed by atoms with Gasteiger partial charge in [-0.05, 0) is 27.1 Å². The van der Waals surface area contributed by atoms with Crippen molar-refractivity contribution in [1.29, 1.82) is 0 Å². The van der Waals surface area contributed by atoms with Crippen LogP contribution in [0.1, 0.15) is 11.1 Å². The fourth-order valence-corrected chi connectivity index (χ4v) is 1.89. The Balaban J connectivity index is 2.31. The number of benzene rings is 1. The monoisotopic (exact) mass is 310 g/mol. The average molecular weight is 311 g/mol. The first kappa shape index (κ1) is 12.8. The molecule has 0 aliphatic rings. The Morgan fingerprint density at radius 2 is 1.78 bits per heavy atom. The van der Waals surface area contributed by atoms with Gasteiger partial charge in [0.2, 0.25) is 0 Å². The molecule has 94 valence electrons. The van der Waals surface area contributed by atoms with Gasteiger partial charge < -0.3 is 5.11 Å². The zero-order valence-corrected chi connectivity index (χ0v) is 11.0. The summed E-state index contributed by atoms with van der Waals surface area (Å²) in [6, 6.07) is 7.25. The molecule has 0 spiro atoms. The lowest BCUT2D eigenvalue weighted by molar-refractivity contribution is 0.282. The van der Waals surface area contributed by atoms with Crippen molar-refractivity contribution in [2.45, 2.75) is 13.2 Å². The normalized spacial score (nSPS) is 10.6. The molecule has 0 saturated heterocycles. The van der Waals surface area contributed by atoms with E-state index in [0.717, 1.165) is 11.1 Å². The van der Waals surface area contributed by atoms with Crippen LogP contribution in [0.4, 0.5) is 0 Å². The number of aliphatic hydroxyl groups excluding tert-OH is 1. The van der Waals surface area contributed by atoms with Crippen LogP contribution in [0.15, 0.2) is 44.5 Å². The molecule has 1 heterocycles. The Bertz CT molecular complexity index is 658. The molecule has 1 aromatic heterocycles. The third-order valence-electron chi connectivity index (χ3n) is 2.53. The summed E-state index contributed by atoms with van der Waals surface area (Å²) in [4.78, 5) is 25.0. The maximum atomic E-state index is 11.6. The minimum absolute atomic E-state index is 0.00949. The van der Waals surface area contributed by atoms with Crippen molar-refractivity contribution in [3.8, 4) is 0 Å². The number of aromatic nitrogens is 2. The van der Waals surface area contributed by atoms with Crippen molar-refractivity contribution >= 4 is 15.9 Å². The van der Waals surface area contributed by atoms with Gasteiger partial charge in [0.15, 0.2) is 0 Å². The van der Waals surface area contributed by atoms with Gasteiger partial charge in [0.25, 0.3) is 5.56 Å². The number of aliphatic hydroxyl groups is 1. The van der Waals surface area contributed by atoms with E-state index in [0.29, 0.717) is 11.0 Å². The molecule has 2 N–H and O–H groups in total. The number of nitrogens with one attached hydrogen (secondary N) is 1. The van der Waals surface area contributed by atoms with Gasteiger partial charge >= 0.3 is 5.69 Å². The number of H-pyrrole nitrogens is 1. The molecule has 1 aromatic carbocycles. The van der Waals surface area contributed by atoms with Crippen molar-refractivity contribution in [2.24, 2.45) is 0 Å². The van der Waals surface area contributed by atoms with E-state index in [9.17, 15) is 9.59 Å². The van der Waals surface area contributed by atoms with Crippen LogP contribution in [0.5, 0.6) is 0 Å². The number of halogens is 1. The number of hydrogen-bond donors (Lipinski definition) is 2. The van der Waals surface area contributed by atoms with Gasteiger partial charge in [-0.15, -0.1) is 0 Å². The predicted octanol–water partition coefficient (Wildman–Crippen LogP) is 0.840. The highest BCUT2D eigenvalue weighted by Crippen LogP contribution is 2.06. The quantitative estimate of drug-likeness (QED) is 0.882. The van der Waals surface area contributed by atoms with Gasteiger partial charge in [0.1, 0.15) is 0 Å². The number of aromatic amines is 1. The molecule has 0 aliphatic carbocycles. The van der Waals surface area contributed by atoms with E-state index in [2.05, 4.69) is 20.9 Å². The van der Waals surface area contributed by atoms with Crippen LogP contribution in [-0.4, -0.2) is 14.7 Å². The third kappa shape index (κ3) is 2.77. The van der Waals surface area contributed by atoms with Crippen LogP contribution >= 0.6 is 15.9 Å². The van der Waals surface area contributed by atoms with Crippen molar-refractivity contribution < 1.29 is 5.11 Å². The van der Waals surface area contributed by atoms with Gasteiger partial charge in [-0.1, -0.05) is 24.3 Å². The summed E-state index contributed by atoms with van der Waals surface area (Å²) in [5.74, 6) is 0. The fourth-order valence-electron chi connectivity index (χ4n) is 1.55. The van der Waals surface area contributed by atoms with Crippen molar-refractivity contribution in [3.05, 3.63) is 66.9 Å². The van der Waals surface area contributed by atoms with Crippen molar-refractivity contribution in [1.82, 2.24) is 9.55 Å². The Hall–Kier alpha value is -1.66. The SMILES string of the molecule is O=c1[nH]c(=O)n(Cc2ccc(CO)cc2)cc1Br. The van der Waals surface area contributed by atoms with Gasteiger partial charge in [0, 0.05) is 6.20 Å². The lowest BCUT2D eigenvalue weighted by atomic mass is 10.1. The molecule has 0 radical (unpaired) electrons. The molecule has 6 heteroatoms. The van der Waals surface area contributed by atoms with Gasteiger partial charge in [-0.25, -0.2) is 4.79 Å². The lowest BCUT2D eigenvalue weighted by Crippen LogP contribution is -2.30. The molecule has 0 unspecified atom stereocenters. The molecule has 2 aromatic rings. The summed E-state index contributed by atoms with van der Waals surface area (Å²) in [6.07, 6.45) is 1.46. The van der Waals surface area contributed by atoms with Crippen molar-refractivity contribution in [2.75, 3.05) is 0 Å². The van der Waals surface area contributed by atoms with Crippen LogP contribution < -0.4 is 11.2 Å². The minimum atomic E-state index is -0.450. The summed E-state index contributed by atoms with van der Waals surface area (Å²) >= 11 is 3.08. The zero-order valence-electron chi connectivity index (χ0n) is 9.39. The van der Waals surface area contributed by atoms with Gasteiger partial charge in [-0.2, -0.15) is 0 Å². The summed E-state index contributed by atoms with van der Waals surface area (Å²) in [5, 5.41) is 8.93. The molecule has 0 amide bonds. The molecule has 0 aliphatic heterocycles. The molecule has 0 atom stereocenters. The van der Waals surface area contributed by atoms with Crippen LogP contribution in [0.2, 0.25) is 0 Å². The van der Waals surface area contributed by atoms with E-state index in [1.54, 1.807) is 12.1 Å². The Morgan fingerprint density at radius 3 is 2.39 bits per heavy atom. The van der Waals surface area contributed by atoms with E-state index in [1.807, 2.05) is 12.1 Å². The van der Waals surface area contributed by atoms with E-state index in [1.165, 1.54) is 10.8 Å². The fraction of sp³-hybridized carbons (Fsp3) is 0.167. The second-order valence-electron chi connectivity index (χ2n) is 3.84. The predicted molar refractivity (Wildman–Crippen MR) is 70.5 cm³/mol. The summed E-state index contributed by atoms with van der Waals surface area (Å²) in [6.45, 7) is 0.352. The molecule has 18 heavy (non-hydrogen) atoms. The van der Waals surface area contributed by atoms with Crippen LogP contribution in [0.25, 0.3) is 0 Å². The summed E-state index contributed by atoms with van der Waals surface area (Å²) in [7, 11) is 0. The maximum Gasteiger partial charge on any atom is 0.328 e. The second kappa shape index (κ2) is 5.32. The van der Waals surface area contributed by atoms with Crippen LogP contribution in [0.3, 0.4) is 0 Å². The number of rotatable bonds is 3. The standard InChI is InChI=1S/C12H11BrN2O3/c13-10-6-15(12(18)14-11(10)17)5-8-1-3-9(7-16)4-2-8/h1-4,6,16H,5,7H2,(H,14,17,18). The Morgan fingerprint density at radius 1 is 1.17 bits per heavy atom. The molecular weight excluding hydrogens is 300 g/mol. The smallest absolute Gasteiger partial charge is 0.328 e. The summed E-state index contributed by atoms with van der Waals surface area (Å²) in [5.41, 5.74) is 0.836. The highest BCUT2D eigenvalue weighted by molar-refractivity contribution is 9.10. The molecule has 0 saturated carbocycles. The summed E-state index contributed by atoms with van der Waals surface area (Å²) < 4.78 is 1.72.